The minimum atomic E-state index is -0.0309. The summed E-state index contributed by atoms with van der Waals surface area (Å²) in [5.41, 5.74) is 1.97. The molecule has 1 amide bonds. The van der Waals surface area contributed by atoms with E-state index in [-0.39, 0.29) is 11.9 Å². The van der Waals surface area contributed by atoms with Crippen LogP contribution in [0.1, 0.15) is 81.8 Å². The number of methoxy groups -OCH3 is 1. The number of hydrogen-bond acceptors (Lipinski definition) is 3. The summed E-state index contributed by atoms with van der Waals surface area (Å²) in [6.45, 7) is 0.453. The molecule has 0 aromatic heterocycles. The highest BCUT2D eigenvalue weighted by atomic mass is 79.9. The quantitative estimate of drug-likeness (QED) is 0.373. The fraction of sp³-hybridized carbons (Fsp3) is 0.483. The summed E-state index contributed by atoms with van der Waals surface area (Å²) in [6.07, 6.45) is 17.3. The topological polar surface area (TPSA) is 47.6 Å². The van der Waals surface area contributed by atoms with Crippen molar-refractivity contribution >= 4 is 27.9 Å². The summed E-state index contributed by atoms with van der Waals surface area (Å²) in [5, 5.41) is 3.24. The molecule has 0 unspecified atom stereocenters. The smallest absolute Gasteiger partial charge is 0.244 e. The summed E-state index contributed by atoms with van der Waals surface area (Å²) in [4.78, 5) is 12.7. The predicted molar refractivity (Wildman–Crippen MR) is 143 cm³/mol. The van der Waals surface area contributed by atoms with Gasteiger partial charge in [-0.25, -0.2) is 0 Å². The van der Waals surface area contributed by atoms with E-state index in [0.29, 0.717) is 18.1 Å². The number of amides is 1. The molecule has 1 fully saturated rings. The highest BCUT2D eigenvalue weighted by Crippen LogP contribution is 2.37. The van der Waals surface area contributed by atoms with Crippen molar-refractivity contribution in [2.75, 3.05) is 7.11 Å². The Hall–Kier alpha value is -2.27. The van der Waals surface area contributed by atoms with Gasteiger partial charge < -0.3 is 14.8 Å². The minimum absolute atomic E-state index is 0.0309. The monoisotopic (exact) mass is 527 g/mol. The van der Waals surface area contributed by atoms with Crippen molar-refractivity contribution in [3.63, 3.8) is 0 Å². The van der Waals surface area contributed by atoms with Gasteiger partial charge in [0.2, 0.25) is 5.91 Å². The van der Waals surface area contributed by atoms with Crippen molar-refractivity contribution in [3.8, 4) is 11.5 Å². The lowest BCUT2D eigenvalue weighted by molar-refractivity contribution is -0.117. The van der Waals surface area contributed by atoms with Gasteiger partial charge in [0.05, 0.1) is 11.6 Å². The molecule has 0 bridgehead atoms. The fourth-order valence-electron chi connectivity index (χ4n) is 4.43. The van der Waals surface area contributed by atoms with Gasteiger partial charge in [-0.15, -0.1) is 0 Å². The number of ether oxygens (including phenoxy) is 2. The second kappa shape index (κ2) is 14.9. The van der Waals surface area contributed by atoms with Gasteiger partial charge in [-0.2, -0.15) is 0 Å². The van der Waals surface area contributed by atoms with Crippen LogP contribution in [0.15, 0.2) is 53.0 Å². The van der Waals surface area contributed by atoms with E-state index >= 15 is 0 Å². The molecule has 0 aliphatic heterocycles. The van der Waals surface area contributed by atoms with Crippen molar-refractivity contribution in [2.45, 2.75) is 83.3 Å². The van der Waals surface area contributed by atoms with Crippen LogP contribution < -0.4 is 14.8 Å². The van der Waals surface area contributed by atoms with Gasteiger partial charge in [-0.05, 0) is 58.1 Å². The van der Waals surface area contributed by atoms with Crippen molar-refractivity contribution in [3.05, 3.63) is 64.1 Å². The van der Waals surface area contributed by atoms with Crippen LogP contribution in [0.5, 0.6) is 11.5 Å². The predicted octanol–water partition coefficient (Wildman–Crippen LogP) is 7.84. The Bertz CT molecular complexity index is 901. The van der Waals surface area contributed by atoms with E-state index in [1.807, 2.05) is 48.5 Å². The number of rotatable bonds is 7. The van der Waals surface area contributed by atoms with Crippen LogP contribution in [0.3, 0.4) is 0 Å². The van der Waals surface area contributed by atoms with Gasteiger partial charge in [0, 0.05) is 12.1 Å². The Morgan fingerprint density at radius 2 is 1.59 bits per heavy atom. The molecule has 184 valence electrons. The Morgan fingerprint density at radius 1 is 0.971 bits per heavy atom. The average molecular weight is 529 g/mol. The van der Waals surface area contributed by atoms with E-state index in [4.69, 9.17) is 9.47 Å². The lowest BCUT2D eigenvalue weighted by Crippen LogP contribution is -2.33. The first-order valence-electron chi connectivity index (χ1n) is 12.7. The standard InChI is InChI=1S/C29H38BrNO3/c1-33-27-21-24(20-26(30)29(27)34-22-23-14-10-9-11-15-23)18-19-28(32)31-25-16-12-7-5-3-2-4-6-8-13-17-25/h9-11,14-15,18-21,25H,2-8,12-13,16-17,22H2,1H3,(H,31,32)/b19-18+. The van der Waals surface area contributed by atoms with Crippen molar-refractivity contribution in [2.24, 2.45) is 0 Å². The molecule has 4 nitrogen and oxygen atoms in total. The van der Waals surface area contributed by atoms with E-state index in [0.717, 1.165) is 28.4 Å². The molecule has 0 radical (unpaired) electrons. The van der Waals surface area contributed by atoms with E-state index in [1.165, 1.54) is 57.8 Å². The first-order chi connectivity index (χ1) is 16.7. The molecule has 0 atom stereocenters. The Balaban J connectivity index is 1.58. The summed E-state index contributed by atoms with van der Waals surface area (Å²) in [6, 6.07) is 14.1. The second-order valence-electron chi connectivity index (χ2n) is 9.11. The number of nitrogens with one attached hydrogen (secondary N) is 1. The maximum Gasteiger partial charge on any atom is 0.244 e. The zero-order chi connectivity index (χ0) is 24.0. The summed E-state index contributed by atoms with van der Waals surface area (Å²) in [5.74, 6) is 1.25. The summed E-state index contributed by atoms with van der Waals surface area (Å²) in [7, 11) is 1.63. The lowest BCUT2D eigenvalue weighted by Gasteiger charge is -2.18. The summed E-state index contributed by atoms with van der Waals surface area (Å²) >= 11 is 3.60. The third-order valence-corrected chi connectivity index (χ3v) is 6.95. The van der Waals surface area contributed by atoms with Crippen molar-refractivity contribution in [1.82, 2.24) is 5.32 Å². The largest absolute Gasteiger partial charge is 0.493 e. The second-order valence-corrected chi connectivity index (χ2v) is 9.96. The molecule has 1 aliphatic rings. The first-order valence-corrected chi connectivity index (χ1v) is 13.5. The number of carbonyl (C=O) groups is 1. The Morgan fingerprint density at radius 3 is 2.21 bits per heavy atom. The third-order valence-electron chi connectivity index (χ3n) is 6.36. The zero-order valence-electron chi connectivity index (χ0n) is 20.4. The molecule has 0 heterocycles. The van der Waals surface area contributed by atoms with Crippen LogP contribution in [-0.4, -0.2) is 19.1 Å². The maximum absolute atomic E-state index is 12.7. The number of hydrogen-bond donors (Lipinski definition) is 1. The average Bonchev–Trinajstić information content (AvgIpc) is 2.84. The van der Waals surface area contributed by atoms with Crippen molar-refractivity contribution in [1.29, 1.82) is 0 Å². The molecule has 2 aromatic carbocycles. The maximum atomic E-state index is 12.7. The van der Waals surface area contributed by atoms with Gasteiger partial charge >= 0.3 is 0 Å². The molecule has 2 aromatic rings. The van der Waals surface area contributed by atoms with E-state index in [1.54, 1.807) is 13.2 Å². The third kappa shape index (κ3) is 9.17. The fourth-order valence-corrected chi connectivity index (χ4v) is 5.01. The zero-order valence-corrected chi connectivity index (χ0v) is 21.9. The van der Waals surface area contributed by atoms with Gasteiger partial charge in [0.1, 0.15) is 6.61 Å². The molecule has 0 spiro atoms. The molecule has 5 heteroatoms. The number of halogens is 1. The van der Waals surface area contributed by atoms with Crippen molar-refractivity contribution < 1.29 is 14.3 Å². The summed E-state index contributed by atoms with van der Waals surface area (Å²) < 4.78 is 12.4. The highest BCUT2D eigenvalue weighted by Gasteiger charge is 2.13. The van der Waals surface area contributed by atoms with E-state index in [2.05, 4.69) is 21.2 Å². The molecule has 34 heavy (non-hydrogen) atoms. The molecule has 3 rings (SSSR count). The lowest BCUT2D eigenvalue weighted by atomic mass is 9.98. The van der Waals surface area contributed by atoms with Crippen LogP contribution in [0.4, 0.5) is 0 Å². The van der Waals surface area contributed by atoms with E-state index < -0.39 is 0 Å². The number of benzene rings is 2. The van der Waals surface area contributed by atoms with Gasteiger partial charge in [-0.1, -0.05) is 88.1 Å². The molecular weight excluding hydrogens is 490 g/mol. The highest BCUT2D eigenvalue weighted by molar-refractivity contribution is 9.10. The molecule has 1 aliphatic carbocycles. The van der Waals surface area contributed by atoms with Gasteiger partial charge in [0.25, 0.3) is 0 Å². The van der Waals surface area contributed by atoms with Crippen LogP contribution in [0, 0.1) is 0 Å². The Kier molecular flexibility index (Phi) is 11.5. The van der Waals surface area contributed by atoms with Gasteiger partial charge in [-0.3, -0.25) is 4.79 Å². The molecule has 1 saturated carbocycles. The normalized spacial score (nSPS) is 16.4. The van der Waals surface area contributed by atoms with Crippen LogP contribution in [0.25, 0.3) is 6.08 Å². The van der Waals surface area contributed by atoms with E-state index in [9.17, 15) is 4.79 Å². The van der Waals surface area contributed by atoms with Crippen LogP contribution in [0.2, 0.25) is 0 Å². The first kappa shape index (κ1) is 26.3. The molecular formula is C29H38BrNO3. The minimum Gasteiger partial charge on any atom is -0.493 e. The Labute approximate surface area is 213 Å². The SMILES string of the molecule is COc1cc(/C=C/C(=O)NC2CCCCCCCCCCC2)cc(Br)c1OCc1ccccc1. The van der Waals surface area contributed by atoms with Gasteiger partial charge in [0.15, 0.2) is 11.5 Å². The number of carbonyl (C=O) groups excluding carboxylic acids is 1. The van der Waals surface area contributed by atoms with Crippen LogP contribution >= 0.6 is 15.9 Å². The molecule has 1 N–H and O–H groups in total. The van der Waals surface area contributed by atoms with Crippen LogP contribution in [-0.2, 0) is 11.4 Å². The molecule has 0 saturated heterocycles.